The average molecular weight is 127 g/mol. The summed E-state index contributed by atoms with van der Waals surface area (Å²) in [5.74, 6) is 0. The van der Waals surface area contributed by atoms with Gasteiger partial charge in [-0.3, -0.25) is 4.72 Å². The molecular formula is CH2FNOS2. The lowest BCUT2D eigenvalue weighted by Gasteiger charge is -1.82. The standard InChI is InChI=1S/CH2FNOS2/c2-1(4)3-6-5/h5H,(H,3,4). The lowest BCUT2D eigenvalue weighted by molar-refractivity contribution is 0.228. The van der Waals surface area contributed by atoms with Crippen LogP contribution in [0.5, 0.6) is 0 Å². The molecule has 0 aromatic heterocycles. The number of halogens is 1. The lowest BCUT2D eigenvalue weighted by atomic mass is 11.4. The molecule has 0 radical (unpaired) electrons. The van der Waals surface area contributed by atoms with Gasteiger partial charge >= 0.3 is 6.16 Å². The maximum atomic E-state index is 10.9. The maximum absolute atomic E-state index is 10.9. The summed E-state index contributed by atoms with van der Waals surface area (Å²) in [4.78, 5) is 9.20. The van der Waals surface area contributed by atoms with Gasteiger partial charge in [0.25, 0.3) is 0 Å². The van der Waals surface area contributed by atoms with Crippen molar-refractivity contribution in [3.63, 3.8) is 0 Å². The summed E-state index contributed by atoms with van der Waals surface area (Å²) in [6.45, 7) is 0. The number of hydrogen-bond donors (Lipinski definition) is 2. The average Bonchev–Trinajstić information content (AvgIpc) is 1.35. The molecule has 1 amide bonds. The van der Waals surface area contributed by atoms with Crippen LogP contribution in [-0.4, -0.2) is 6.16 Å². The van der Waals surface area contributed by atoms with E-state index in [2.05, 4.69) is 11.7 Å². The predicted molar refractivity (Wildman–Crippen MR) is 26.2 cm³/mol. The minimum Gasteiger partial charge on any atom is -0.262 e. The molecule has 0 fully saturated rings. The second-order valence-corrected chi connectivity index (χ2v) is 1.40. The van der Waals surface area contributed by atoms with Crippen molar-refractivity contribution in [2.24, 2.45) is 0 Å². The summed E-state index contributed by atoms with van der Waals surface area (Å²) in [6.07, 6.45) is -1.57. The summed E-state index contributed by atoms with van der Waals surface area (Å²) in [6, 6.07) is 0. The maximum Gasteiger partial charge on any atom is 0.408 e. The van der Waals surface area contributed by atoms with Gasteiger partial charge in [0.05, 0.1) is 0 Å². The van der Waals surface area contributed by atoms with Crippen LogP contribution in [0.4, 0.5) is 9.18 Å². The highest BCUT2D eigenvalue weighted by Crippen LogP contribution is 1.96. The Labute approximate surface area is 43.4 Å². The van der Waals surface area contributed by atoms with Crippen molar-refractivity contribution in [3.8, 4) is 0 Å². The lowest BCUT2D eigenvalue weighted by Crippen LogP contribution is -2.02. The van der Waals surface area contributed by atoms with Gasteiger partial charge in [0, 0.05) is 11.0 Å². The minimum atomic E-state index is -1.57. The molecule has 0 atom stereocenters. The van der Waals surface area contributed by atoms with E-state index in [1.807, 2.05) is 0 Å². The topological polar surface area (TPSA) is 29.1 Å². The van der Waals surface area contributed by atoms with Crippen LogP contribution in [-0.2, 0) is 0 Å². The number of carbonyl (C=O) groups is 1. The van der Waals surface area contributed by atoms with E-state index in [4.69, 9.17) is 0 Å². The van der Waals surface area contributed by atoms with Gasteiger partial charge in [-0.2, -0.15) is 0 Å². The van der Waals surface area contributed by atoms with Crippen LogP contribution in [0.15, 0.2) is 0 Å². The Morgan fingerprint density at radius 3 is 2.50 bits per heavy atom. The van der Waals surface area contributed by atoms with Crippen molar-refractivity contribution in [1.82, 2.24) is 4.72 Å². The van der Waals surface area contributed by atoms with Crippen molar-refractivity contribution in [1.29, 1.82) is 0 Å². The molecular weight excluding hydrogens is 125 g/mol. The Bertz CT molecular complexity index is 57.5. The van der Waals surface area contributed by atoms with Crippen LogP contribution in [0.2, 0.25) is 0 Å². The fourth-order valence-electron chi connectivity index (χ4n) is 0.0359. The summed E-state index contributed by atoms with van der Waals surface area (Å²) >= 11 is 3.40. The predicted octanol–water partition coefficient (Wildman–Crippen LogP) is 1.16. The third-order valence-corrected chi connectivity index (χ3v) is 0.652. The fourth-order valence-corrected chi connectivity index (χ4v) is 0.323. The zero-order chi connectivity index (χ0) is 4.99. The van der Waals surface area contributed by atoms with Crippen LogP contribution in [0.1, 0.15) is 0 Å². The van der Waals surface area contributed by atoms with Crippen LogP contribution >= 0.6 is 22.6 Å². The van der Waals surface area contributed by atoms with Gasteiger partial charge in [0.15, 0.2) is 0 Å². The van der Waals surface area contributed by atoms with Gasteiger partial charge in [-0.1, -0.05) is 11.7 Å². The zero-order valence-electron chi connectivity index (χ0n) is 2.64. The minimum absolute atomic E-state index is 0.630. The molecule has 0 aromatic rings. The first-order valence-electron chi connectivity index (χ1n) is 1.03. The molecule has 5 heteroatoms. The molecule has 0 aliphatic carbocycles. The number of amides is 1. The first kappa shape index (κ1) is 6.10. The van der Waals surface area contributed by atoms with Crippen LogP contribution in [0.3, 0.4) is 0 Å². The van der Waals surface area contributed by atoms with Gasteiger partial charge in [-0.25, -0.2) is 4.79 Å². The highest BCUT2D eigenvalue weighted by Gasteiger charge is 1.87. The molecule has 1 N–H and O–H groups in total. The third-order valence-electron chi connectivity index (χ3n) is 0.126. The van der Waals surface area contributed by atoms with Crippen molar-refractivity contribution >= 4 is 28.8 Å². The van der Waals surface area contributed by atoms with Crippen molar-refractivity contribution in [3.05, 3.63) is 0 Å². The van der Waals surface area contributed by atoms with Crippen LogP contribution < -0.4 is 4.72 Å². The first-order chi connectivity index (χ1) is 2.77. The quantitative estimate of drug-likeness (QED) is 0.182. The van der Waals surface area contributed by atoms with Crippen molar-refractivity contribution < 1.29 is 9.18 Å². The third kappa shape index (κ3) is 4.10. The fraction of sp³-hybridized carbons (Fsp3) is 0. The van der Waals surface area contributed by atoms with E-state index in [9.17, 15) is 9.18 Å². The van der Waals surface area contributed by atoms with E-state index in [0.29, 0.717) is 11.0 Å². The van der Waals surface area contributed by atoms with Crippen LogP contribution in [0.25, 0.3) is 0 Å². The van der Waals surface area contributed by atoms with Gasteiger partial charge < -0.3 is 0 Å². The van der Waals surface area contributed by atoms with Gasteiger partial charge in [-0.05, 0) is 0 Å². The molecule has 0 spiro atoms. The Kier molecular flexibility index (Phi) is 3.35. The summed E-state index contributed by atoms with van der Waals surface area (Å²) in [5.41, 5.74) is 0. The van der Waals surface area contributed by atoms with E-state index in [1.54, 1.807) is 4.72 Å². The number of carbonyl (C=O) groups excluding carboxylic acids is 1. The van der Waals surface area contributed by atoms with Crippen molar-refractivity contribution in [2.45, 2.75) is 0 Å². The van der Waals surface area contributed by atoms with Gasteiger partial charge in [-0.15, -0.1) is 4.39 Å². The Hall–Kier alpha value is 0.1000. The second-order valence-electron chi connectivity index (χ2n) is 0.467. The molecule has 0 aliphatic heterocycles. The van der Waals surface area contributed by atoms with E-state index in [0.717, 1.165) is 0 Å². The molecule has 0 rings (SSSR count). The van der Waals surface area contributed by atoms with Crippen LogP contribution in [0, 0.1) is 0 Å². The summed E-state index contributed by atoms with van der Waals surface area (Å²) in [7, 11) is 0.630. The Morgan fingerprint density at radius 1 is 2.00 bits per heavy atom. The van der Waals surface area contributed by atoms with E-state index in [1.165, 1.54) is 0 Å². The molecule has 2 nitrogen and oxygen atoms in total. The van der Waals surface area contributed by atoms with E-state index >= 15 is 0 Å². The number of nitrogens with one attached hydrogen (secondary N) is 1. The number of hydrogen-bond acceptors (Lipinski definition) is 3. The van der Waals surface area contributed by atoms with Gasteiger partial charge in [0.1, 0.15) is 0 Å². The number of rotatable bonds is 1. The molecule has 0 saturated carbocycles. The number of thiol groups is 1. The van der Waals surface area contributed by atoms with E-state index in [-0.39, 0.29) is 0 Å². The summed E-state index contributed by atoms with van der Waals surface area (Å²) < 4.78 is 12.6. The second kappa shape index (κ2) is 3.30. The molecule has 0 saturated heterocycles. The smallest absolute Gasteiger partial charge is 0.262 e. The Morgan fingerprint density at radius 2 is 2.50 bits per heavy atom. The Balaban J connectivity index is 2.83. The molecule has 6 heavy (non-hydrogen) atoms. The molecule has 0 aliphatic rings. The monoisotopic (exact) mass is 127 g/mol. The molecule has 0 bridgehead atoms. The molecule has 36 valence electrons. The largest absolute Gasteiger partial charge is 0.408 e. The highest BCUT2D eigenvalue weighted by molar-refractivity contribution is 8.67. The first-order valence-corrected chi connectivity index (χ1v) is 2.90. The SMILES string of the molecule is O=C(F)NSS. The normalized spacial score (nSPS) is 7.67. The molecule has 0 heterocycles. The molecule has 0 unspecified atom stereocenters. The van der Waals surface area contributed by atoms with E-state index < -0.39 is 6.16 Å². The highest BCUT2D eigenvalue weighted by atomic mass is 33.1. The van der Waals surface area contributed by atoms with Gasteiger partial charge in [0.2, 0.25) is 0 Å². The summed E-state index contributed by atoms with van der Waals surface area (Å²) in [5, 5.41) is 0. The molecule has 0 aromatic carbocycles. The van der Waals surface area contributed by atoms with Crippen molar-refractivity contribution in [2.75, 3.05) is 0 Å². The zero-order valence-corrected chi connectivity index (χ0v) is 4.35.